The number of unbranched alkanes of at least 4 members (excludes halogenated alkanes) is 9. The van der Waals surface area contributed by atoms with Crippen LogP contribution in [-0.4, -0.2) is 0 Å². The van der Waals surface area contributed by atoms with Gasteiger partial charge in [-0.1, -0.05) is 98.8 Å². The van der Waals surface area contributed by atoms with Crippen LogP contribution < -0.4 is 0 Å². The summed E-state index contributed by atoms with van der Waals surface area (Å²) in [6.45, 7) is 11.8. The fourth-order valence-corrected chi connectivity index (χ4v) is 3.00. The molecule has 0 fully saturated rings. The summed E-state index contributed by atoms with van der Waals surface area (Å²) >= 11 is 0. The van der Waals surface area contributed by atoms with Crippen LogP contribution in [-0.2, 0) is 0 Å². The molecule has 0 heteroatoms. The zero-order chi connectivity index (χ0) is 15.3. The van der Waals surface area contributed by atoms with Crippen LogP contribution >= 0.6 is 0 Å². The minimum absolute atomic E-state index is 0.533. The largest absolute Gasteiger partial charge is 0.0654 e. The molecule has 0 N–H and O–H groups in total. The summed E-state index contributed by atoms with van der Waals surface area (Å²) in [6.07, 6.45) is 19.4. The molecule has 1 radical (unpaired) electrons. The summed E-state index contributed by atoms with van der Waals surface area (Å²) < 4.78 is 0. The number of hydrogen-bond donors (Lipinski definition) is 0. The van der Waals surface area contributed by atoms with Gasteiger partial charge in [-0.2, -0.15) is 0 Å². The van der Waals surface area contributed by atoms with Crippen LogP contribution in [0.1, 0.15) is 112 Å². The highest BCUT2D eigenvalue weighted by molar-refractivity contribution is 4.75. The van der Waals surface area contributed by atoms with Crippen molar-refractivity contribution in [1.82, 2.24) is 0 Å². The Labute approximate surface area is 130 Å². The molecule has 0 rings (SSSR count). The fourth-order valence-electron chi connectivity index (χ4n) is 3.00. The molecule has 0 nitrogen and oxygen atoms in total. The summed E-state index contributed by atoms with van der Waals surface area (Å²) in [7, 11) is 0. The second-order valence-corrected chi connectivity index (χ2v) is 7.61. The van der Waals surface area contributed by atoms with E-state index in [0.717, 1.165) is 5.92 Å². The summed E-state index contributed by atoms with van der Waals surface area (Å²) in [5, 5.41) is 0. The standard InChI is InChI=1S/C20H41/c1-6-8-9-10-11-12-13-14-15-16-17-19(3)18-20(4,5)7-2/h16,19H,6-15,17-18H2,1-5H3. The van der Waals surface area contributed by atoms with Gasteiger partial charge in [0.05, 0.1) is 0 Å². The van der Waals surface area contributed by atoms with Crippen LogP contribution in [0.15, 0.2) is 0 Å². The fraction of sp³-hybridized carbons (Fsp3) is 0.950. The van der Waals surface area contributed by atoms with Crippen LogP contribution in [0.4, 0.5) is 0 Å². The molecule has 0 aliphatic heterocycles. The SMILES string of the molecule is CCCCCCCCCC[CH]CC(C)CC(C)(C)CC. The van der Waals surface area contributed by atoms with Gasteiger partial charge in [-0.3, -0.25) is 0 Å². The Kier molecular flexibility index (Phi) is 12.7. The number of rotatable bonds is 14. The predicted molar refractivity (Wildman–Crippen MR) is 94.0 cm³/mol. The van der Waals surface area contributed by atoms with E-state index in [1.807, 2.05) is 0 Å². The Bertz CT molecular complexity index is 192. The molecule has 0 aromatic heterocycles. The number of hydrogen-bond acceptors (Lipinski definition) is 0. The van der Waals surface area contributed by atoms with Crippen molar-refractivity contribution in [2.45, 2.75) is 112 Å². The van der Waals surface area contributed by atoms with E-state index in [0.29, 0.717) is 5.41 Å². The first-order chi connectivity index (χ1) is 9.52. The predicted octanol–water partition coefficient (Wildman–Crippen LogP) is 7.57. The first kappa shape index (κ1) is 20.0. The molecule has 0 saturated heterocycles. The Morgan fingerprint density at radius 2 is 1.40 bits per heavy atom. The maximum atomic E-state index is 2.55. The van der Waals surface area contributed by atoms with Crippen molar-refractivity contribution < 1.29 is 0 Å². The van der Waals surface area contributed by atoms with Crippen molar-refractivity contribution >= 4 is 0 Å². The van der Waals surface area contributed by atoms with Crippen LogP contribution in [0, 0.1) is 17.8 Å². The van der Waals surface area contributed by atoms with Crippen LogP contribution in [0.25, 0.3) is 0 Å². The molecule has 0 aromatic rings. The van der Waals surface area contributed by atoms with Crippen molar-refractivity contribution in [1.29, 1.82) is 0 Å². The molecule has 0 aliphatic rings. The third-order valence-corrected chi connectivity index (χ3v) is 4.69. The van der Waals surface area contributed by atoms with Gasteiger partial charge >= 0.3 is 0 Å². The van der Waals surface area contributed by atoms with Crippen molar-refractivity contribution in [2.75, 3.05) is 0 Å². The highest BCUT2D eigenvalue weighted by Crippen LogP contribution is 2.30. The van der Waals surface area contributed by atoms with Gasteiger partial charge in [-0.15, -0.1) is 0 Å². The van der Waals surface area contributed by atoms with E-state index in [1.165, 1.54) is 77.0 Å². The van der Waals surface area contributed by atoms with Crippen molar-refractivity contribution in [2.24, 2.45) is 11.3 Å². The van der Waals surface area contributed by atoms with Crippen LogP contribution in [0.2, 0.25) is 0 Å². The lowest BCUT2D eigenvalue weighted by atomic mass is 9.80. The van der Waals surface area contributed by atoms with Gasteiger partial charge in [0.2, 0.25) is 0 Å². The summed E-state index contributed by atoms with van der Waals surface area (Å²) in [5.41, 5.74) is 0.533. The molecule has 1 unspecified atom stereocenters. The lowest BCUT2D eigenvalue weighted by Crippen LogP contribution is -2.14. The van der Waals surface area contributed by atoms with Gasteiger partial charge in [-0.25, -0.2) is 0 Å². The van der Waals surface area contributed by atoms with Gasteiger partial charge in [0.1, 0.15) is 0 Å². The average Bonchev–Trinajstić information content (AvgIpc) is 2.40. The quantitative estimate of drug-likeness (QED) is 0.288. The molecule has 0 bridgehead atoms. The molecule has 0 aliphatic carbocycles. The van der Waals surface area contributed by atoms with E-state index in [-0.39, 0.29) is 0 Å². The van der Waals surface area contributed by atoms with Gasteiger partial charge in [-0.05, 0) is 30.6 Å². The Balaban J connectivity index is 3.27. The van der Waals surface area contributed by atoms with E-state index in [1.54, 1.807) is 0 Å². The molecular weight excluding hydrogens is 240 g/mol. The van der Waals surface area contributed by atoms with Crippen molar-refractivity contribution in [3.05, 3.63) is 6.42 Å². The Morgan fingerprint density at radius 3 is 1.95 bits per heavy atom. The van der Waals surface area contributed by atoms with E-state index < -0.39 is 0 Å². The summed E-state index contributed by atoms with van der Waals surface area (Å²) in [5.74, 6) is 0.860. The minimum atomic E-state index is 0.533. The zero-order valence-electron chi connectivity index (χ0n) is 15.1. The van der Waals surface area contributed by atoms with Crippen LogP contribution in [0.5, 0.6) is 0 Å². The van der Waals surface area contributed by atoms with Gasteiger partial charge in [0.25, 0.3) is 0 Å². The van der Waals surface area contributed by atoms with Crippen molar-refractivity contribution in [3.8, 4) is 0 Å². The second-order valence-electron chi connectivity index (χ2n) is 7.61. The molecule has 121 valence electrons. The second kappa shape index (κ2) is 12.7. The molecule has 0 spiro atoms. The first-order valence-corrected chi connectivity index (χ1v) is 9.33. The summed E-state index contributed by atoms with van der Waals surface area (Å²) in [4.78, 5) is 0. The van der Waals surface area contributed by atoms with Gasteiger partial charge in [0.15, 0.2) is 0 Å². The van der Waals surface area contributed by atoms with E-state index in [4.69, 9.17) is 0 Å². The zero-order valence-corrected chi connectivity index (χ0v) is 15.1. The summed E-state index contributed by atoms with van der Waals surface area (Å²) in [6, 6.07) is 0. The highest BCUT2D eigenvalue weighted by atomic mass is 14.2. The molecule has 0 aromatic carbocycles. The molecule has 1 atom stereocenters. The average molecular weight is 282 g/mol. The topological polar surface area (TPSA) is 0 Å². The monoisotopic (exact) mass is 281 g/mol. The minimum Gasteiger partial charge on any atom is -0.0654 e. The molecule has 0 amide bonds. The van der Waals surface area contributed by atoms with Gasteiger partial charge in [0, 0.05) is 0 Å². The lowest BCUT2D eigenvalue weighted by molar-refractivity contribution is 0.264. The molecule has 0 heterocycles. The normalized spacial score (nSPS) is 13.7. The van der Waals surface area contributed by atoms with E-state index in [2.05, 4.69) is 41.0 Å². The lowest BCUT2D eigenvalue weighted by Gasteiger charge is -2.26. The Morgan fingerprint density at radius 1 is 0.850 bits per heavy atom. The van der Waals surface area contributed by atoms with E-state index >= 15 is 0 Å². The maximum Gasteiger partial charge on any atom is -0.0354 e. The third-order valence-electron chi connectivity index (χ3n) is 4.69. The molecule has 0 saturated carbocycles. The van der Waals surface area contributed by atoms with E-state index in [9.17, 15) is 0 Å². The third kappa shape index (κ3) is 13.0. The highest BCUT2D eigenvalue weighted by Gasteiger charge is 2.18. The van der Waals surface area contributed by atoms with Crippen LogP contribution in [0.3, 0.4) is 0 Å². The Hall–Kier alpha value is 0. The smallest absolute Gasteiger partial charge is 0.0354 e. The van der Waals surface area contributed by atoms with Crippen molar-refractivity contribution in [3.63, 3.8) is 0 Å². The maximum absolute atomic E-state index is 2.55. The first-order valence-electron chi connectivity index (χ1n) is 9.33. The van der Waals surface area contributed by atoms with Gasteiger partial charge < -0.3 is 0 Å². The molecular formula is C20H41. The molecule has 20 heavy (non-hydrogen) atoms.